The summed E-state index contributed by atoms with van der Waals surface area (Å²) in [5.74, 6) is 0.617. The highest BCUT2D eigenvalue weighted by Crippen LogP contribution is 2.29. The maximum Gasteiger partial charge on any atom is 0.416 e. The molecule has 0 saturated heterocycles. The fourth-order valence-electron chi connectivity index (χ4n) is 4.28. The van der Waals surface area contributed by atoms with Gasteiger partial charge < -0.3 is 10.6 Å². The first-order chi connectivity index (χ1) is 18.7. The van der Waals surface area contributed by atoms with Crippen LogP contribution in [0.25, 0.3) is 0 Å². The number of unbranched alkanes of at least 4 members (excludes halogenated alkanes) is 1. The van der Waals surface area contributed by atoms with E-state index in [0.29, 0.717) is 23.9 Å². The summed E-state index contributed by atoms with van der Waals surface area (Å²) < 4.78 is 37.4. The number of alkyl halides is 3. The molecule has 0 bridgehead atoms. The summed E-state index contributed by atoms with van der Waals surface area (Å²) in [4.78, 5) is 8.76. The second kappa shape index (κ2) is 17.2. The van der Waals surface area contributed by atoms with Gasteiger partial charge in [0.05, 0.1) is 10.0 Å². The molecule has 0 saturated carbocycles. The van der Waals surface area contributed by atoms with Crippen LogP contribution >= 0.6 is 15.9 Å². The van der Waals surface area contributed by atoms with Gasteiger partial charge in [0, 0.05) is 55.6 Å². The minimum Gasteiger partial charge on any atom is -0.384 e. The number of pyridine rings is 1. The van der Waals surface area contributed by atoms with Gasteiger partial charge in [0.25, 0.3) is 0 Å². The lowest BCUT2D eigenvalue weighted by Crippen LogP contribution is -2.35. The zero-order valence-electron chi connectivity index (χ0n) is 23.5. The molecule has 3 rings (SSSR count). The highest BCUT2D eigenvalue weighted by atomic mass is 79.9. The van der Waals surface area contributed by atoms with E-state index < -0.39 is 11.7 Å². The molecule has 2 unspecified atom stereocenters. The van der Waals surface area contributed by atoms with E-state index in [-0.39, 0.29) is 0 Å². The molecule has 1 aromatic heterocycles. The van der Waals surface area contributed by atoms with Crippen molar-refractivity contribution < 1.29 is 13.2 Å². The summed E-state index contributed by atoms with van der Waals surface area (Å²) in [6.07, 6.45) is 10.3. The third kappa shape index (κ3) is 12.0. The van der Waals surface area contributed by atoms with Crippen LogP contribution in [0, 0.1) is 5.92 Å². The zero-order chi connectivity index (χ0) is 28.7. The van der Waals surface area contributed by atoms with Crippen molar-refractivity contribution in [1.82, 2.24) is 15.6 Å². The molecule has 1 aliphatic heterocycles. The Balaban J connectivity index is 0.000000370. The fraction of sp³-hybridized carbons (Fsp3) is 0.484. The van der Waals surface area contributed by atoms with Gasteiger partial charge in [-0.15, -0.1) is 0 Å². The quantitative estimate of drug-likeness (QED) is 0.300. The molecule has 2 heterocycles. The van der Waals surface area contributed by atoms with Gasteiger partial charge in [-0.3, -0.25) is 9.98 Å². The van der Waals surface area contributed by atoms with E-state index in [9.17, 15) is 13.2 Å². The third-order valence-corrected chi connectivity index (χ3v) is 7.50. The Labute approximate surface area is 240 Å². The number of benzene rings is 1. The van der Waals surface area contributed by atoms with E-state index in [1.54, 1.807) is 6.07 Å². The summed E-state index contributed by atoms with van der Waals surface area (Å²) in [7, 11) is 0. The summed E-state index contributed by atoms with van der Waals surface area (Å²) in [6.45, 7) is 10.1. The second-order valence-corrected chi connectivity index (χ2v) is 10.6. The summed E-state index contributed by atoms with van der Waals surface area (Å²) >= 11 is 3.65. The normalized spacial score (nSPS) is 20.1. The smallest absolute Gasteiger partial charge is 0.384 e. The number of aromatic nitrogens is 1. The Hall–Kier alpha value is -2.61. The number of aryl methyl sites for hydroxylation is 1. The van der Waals surface area contributed by atoms with E-state index in [0.717, 1.165) is 35.8 Å². The Morgan fingerprint density at radius 3 is 2.54 bits per heavy atom. The van der Waals surface area contributed by atoms with Crippen molar-refractivity contribution in [3.05, 3.63) is 87.4 Å². The maximum atomic E-state index is 12.1. The topological polar surface area (TPSA) is 49.3 Å². The van der Waals surface area contributed by atoms with Gasteiger partial charge in [0.1, 0.15) is 0 Å². The van der Waals surface area contributed by atoms with Crippen LogP contribution in [-0.2, 0) is 19.1 Å². The molecule has 2 atom stereocenters. The molecule has 0 radical (unpaired) electrons. The Morgan fingerprint density at radius 1 is 1.13 bits per heavy atom. The van der Waals surface area contributed by atoms with Crippen LogP contribution in [0.2, 0.25) is 0 Å². The van der Waals surface area contributed by atoms with E-state index >= 15 is 0 Å². The van der Waals surface area contributed by atoms with Gasteiger partial charge in [-0.25, -0.2) is 0 Å². The SMILES string of the molecule is CCCCC(CC)C1/C=C(/NCc2cccnc2)CCN=C/C(Br)=C(\C)N1.CCc1cccc(C(F)(F)F)c1. The van der Waals surface area contributed by atoms with Crippen LogP contribution in [0.5, 0.6) is 0 Å². The van der Waals surface area contributed by atoms with Crippen LogP contribution in [0.4, 0.5) is 13.2 Å². The van der Waals surface area contributed by atoms with Gasteiger partial charge >= 0.3 is 6.18 Å². The molecule has 39 heavy (non-hydrogen) atoms. The Bertz CT molecular complexity index is 1080. The van der Waals surface area contributed by atoms with Gasteiger partial charge in [-0.1, -0.05) is 64.3 Å². The number of allylic oxidation sites excluding steroid dienone is 2. The van der Waals surface area contributed by atoms with Crippen LogP contribution in [0.3, 0.4) is 0 Å². The molecule has 1 aromatic carbocycles. The predicted octanol–water partition coefficient (Wildman–Crippen LogP) is 8.60. The summed E-state index contributed by atoms with van der Waals surface area (Å²) in [5.41, 5.74) is 3.74. The minimum absolute atomic E-state index is 0.317. The number of aliphatic imine (C=N–C) groups is 1. The predicted molar refractivity (Wildman–Crippen MR) is 160 cm³/mol. The second-order valence-electron chi connectivity index (χ2n) is 9.70. The summed E-state index contributed by atoms with van der Waals surface area (Å²) in [6, 6.07) is 9.79. The molecule has 214 valence electrons. The molecule has 0 aliphatic carbocycles. The van der Waals surface area contributed by atoms with Crippen molar-refractivity contribution in [1.29, 1.82) is 0 Å². The number of rotatable bonds is 9. The number of nitrogens with zero attached hydrogens (tertiary/aromatic N) is 2. The third-order valence-electron chi connectivity index (χ3n) is 6.70. The minimum atomic E-state index is -4.22. The molecule has 1 aliphatic rings. The van der Waals surface area contributed by atoms with Gasteiger partial charge in [-0.05, 0) is 70.9 Å². The molecule has 8 heteroatoms. The lowest BCUT2D eigenvalue weighted by atomic mass is 9.90. The first kappa shape index (κ1) is 32.6. The van der Waals surface area contributed by atoms with Gasteiger partial charge in [-0.2, -0.15) is 13.2 Å². The highest BCUT2D eigenvalue weighted by Gasteiger charge is 2.30. The van der Waals surface area contributed by atoms with Crippen molar-refractivity contribution in [2.75, 3.05) is 6.54 Å². The molecule has 0 amide bonds. The van der Waals surface area contributed by atoms with Gasteiger partial charge in [0.2, 0.25) is 0 Å². The van der Waals surface area contributed by atoms with E-state index in [1.165, 1.54) is 49.1 Å². The molecule has 2 N–H and O–H groups in total. The van der Waals surface area contributed by atoms with E-state index in [2.05, 4.69) is 69.5 Å². The van der Waals surface area contributed by atoms with Crippen molar-refractivity contribution in [3.8, 4) is 0 Å². The molecule has 0 fully saturated rings. The van der Waals surface area contributed by atoms with Crippen molar-refractivity contribution in [2.24, 2.45) is 10.9 Å². The number of halogens is 4. The zero-order valence-corrected chi connectivity index (χ0v) is 25.1. The molecule has 2 aromatic rings. The van der Waals surface area contributed by atoms with Crippen LogP contribution < -0.4 is 10.6 Å². The molecular formula is C31H42BrF3N4. The highest BCUT2D eigenvalue weighted by molar-refractivity contribution is 9.12. The maximum absolute atomic E-state index is 12.1. The number of hydrogen-bond acceptors (Lipinski definition) is 4. The number of hydrogen-bond donors (Lipinski definition) is 2. The molecular weight excluding hydrogens is 565 g/mol. The lowest BCUT2D eigenvalue weighted by molar-refractivity contribution is -0.137. The van der Waals surface area contributed by atoms with Crippen molar-refractivity contribution in [2.45, 2.75) is 85.0 Å². The number of nitrogens with one attached hydrogen (secondary N) is 2. The Morgan fingerprint density at radius 2 is 1.90 bits per heavy atom. The molecule has 4 nitrogen and oxygen atoms in total. The Kier molecular flexibility index (Phi) is 14.3. The summed E-state index contributed by atoms with van der Waals surface area (Å²) in [5, 5.41) is 7.36. The monoisotopic (exact) mass is 606 g/mol. The fourth-order valence-corrected chi connectivity index (χ4v) is 4.54. The van der Waals surface area contributed by atoms with Crippen LogP contribution in [0.15, 0.2) is 75.7 Å². The lowest BCUT2D eigenvalue weighted by Gasteiger charge is -2.28. The van der Waals surface area contributed by atoms with Crippen LogP contribution in [-0.4, -0.2) is 23.8 Å². The standard InChI is InChI=1S/C22H33BrN4.C9H9F3/c1-4-6-9-19(5-2)22-13-20(26-15-18-8-7-11-24-14-18)10-12-25-16-21(23)17(3)27-22;1-2-7-4-3-5-8(6-7)9(10,11)12/h7-8,11,13-14,16,19,22,26-27H,4-6,9-10,12,15H2,1-3H3;3-6H,2H2,1H3/b20-13+,21-17-,25-16?;. The van der Waals surface area contributed by atoms with Crippen LogP contribution in [0.1, 0.15) is 76.5 Å². The first-order valence-corrected chi connectivity index (χ1v) is 14.6. The molecule has 0 spiro atoms. The average Bonchev–Trinajstić information content (AvgIpc) is 2.94. The van der Waals surface area contributed by atoms with E-state index in [4.69, 9.17) is 0 Å². The average molecular weight is 608 g/mol. The van der Waals surface area contributed by atoms with Crippen molar-refractivity contribution >= 4 is 22.1 Å². The van der Waals surface area contributed by atoms with E-state index in [1.807, 2.05) is 31.6 Å². The van der Waals surface area contributed by atoms with Crippen molar-refractivity contribution in [3.63, 3.8) is 0 Å². The first-order valence-electron chi connectivity index (χ1n) is 13.8. The largest absolute Gasteiger partial charge is 0.416 e. The van der Waals surface area contributed by atoms with Gasteiger partial charge in [0.15, 0.2) is 0 Å².